The first kappa shape index (κ1) is 21.9. The van der Waals surface area contributed by atoms with Gasteiger partial charge in [0.2, 0.25) is 0 Å². The quantitative estimate of drug-likeness (QED) is 0.407. The van der Waals surface area contributed by atoms with Crippen LogP contribution in [0.5, 0.6) is 5.75 Å². The molecule has 3 aromatic carbocycles. The molecule has 0 spiro atoms. The number of piperazine rings is 1. The Morgan fingerprint density at radius 3 is 2.39 bits per heavy atom. The maximum absolute atomic E-state index is 14.0. The summed E-state index contributed by atoms with van der Waals surface area (Å²) in [5.41, 5.74) is 2.71. The van der Waals surface area contributed by atoms with E-state index in [2.05, 4.69) is 50.0 Å². The fourth-order valence-electron chi connectivity index (χ4n) is 3.69. The van der Waals surface area contributed by atoms with E-state index >= 15 is 0 Å². The number of hydrogen-bond acceptors (Lipinski definition) is 3. The zero-order valence-electron chi connectivity index (χ0n) is 17.1. The molecule has 0 saturated carbocycles. The molecule has 1 aliphatic heterocycles. The molecule has 3 aromatic rings. The smallest absolute Gasteiger partial charge is 0.130 e. The first-order valence-corrected chi connectivity index (χ1v) is 11.5. The fourth-order valence-corrected chi connectivity index (χ4v) is 4.39. The van der Waals surface area contributed by atoms with Crippen molar-refractivity contribution in [1.29, 1.82) is 0 Å². The predicted molar refractivity (Wildman–Crippen MR) is 130 cm³/mol. The van der Waals surface area contributed by atoms with Crippen LogP contribution in [0.15, 0.2) is 77.3 Å². The maximum Gasteiger partial charge on any atom is 0.130 e. The van der Waals surface area contributed by atoms with Gasteiger partial charge in [-0.2, -0.15) is 0 Å². The van der Waals surface area contributed by atoms with Crippen molar-refractivity contribution in [2.45, 2.75) is 13.2 Å². The highest BCUT2D eigenvalue weighted by atomic mass is 79.9. The third kappa shape index (κ3) is 5.70. The molecular formula is C25H24BrFN2OS. The van der Waals surface area contributed by atoms with Crippen LogP contribution >= 0.6 is 28.1 Å². The molecule has 0 unspecified atom stereocenters. The average molecular weight is 499 g/mol. The molecule has 0 N–H and O–H groups in total. The molecule has 0 aromatic heterocycles. The largest absolute Gasteiger partial charge is 0.488 e. The van der Waals surface area contributed by atoms with Gasteiger partial charge in [0, 0.05) is 42.8 Å². The second kappa shape index (κ2) is 10.4. The van der Waals surface area contributed by atoms with Gasteiger partial charge < -0.3 is 9.64 Å². The Kier molecular flexibility index (Phi) is 7.33. The number of nitrogens with zero attached hydrogens (tertiary/aromatic N) is 2. The lowest BCUT2D eigenvalue weighted by atomic mass is 10.1. The summed E-state index contributed by atoms with van der Waals surface area (Å²) in [5.74, 6) is 0.404. The van der Waals surface area contributed by atoms with Gasteiger partial charge in [-0.15, -0.1) is 0 Å². The van der Waals surface area contributed by atoms with Crippen molar-refractivity contribution >= 4 is 33.1 Å². The Morgan fingerprint density at radius 2 is 1.65 bits per heavy atom. The Labute approximate surface area is 196 Å². The van der Waals surface area contributed by atoms with Crippen LogP contribution < -0.4 is 4.74 Å². The lowest BCUT2D eigenvalue weighted by Crippen LogP contribution is -2.48. The van der Waals surface area contributed by atoms with E-state index in [0.29, 0.717) is 11.3 Å². The predicted octanol–water partition coefficient (Wildman–Crippen LogP) is 5.66. The Bertz CT molecular complexity index is 1040. The van der Waals surface area contributed by atoms with Gasteiger partial charge in [-0.25, -0.2) is 4.39 Å². The lowest BCUT2D eigenvalue weighted by molar-refractivity contribution is 0.177. The topological polar surface area (TPSA) is 15.7 Å². The van der Waals surface area contributed by atoms with Crippen molar-refractivity contribution in [2.24, 2.45) is 0 Å². The number of hydrogen-bond donors (Lipinski definition) is 0. The van der Waals surface area contributed by atoms with Crippen LogP contribution in [0.4, 0.5) is 4.39 Å². The maximum atomic E-state index is 14.0. The normalized spacial score (nSPS) is 14.5. The standard InChI is InChI=1S/C25H24BrFN2OS/c26-21-10-11-24(30-18-20-8-4-5-9-23(20)27)22(16-21)25(31)29-14-12-28(13-15-29)17-19-6-2-1-3-7-19/h1-11,16H,12-15,17-18H2. The first-order chi connectivity index (χ1) is 15.1. The molecule has 4 rings (SSSR count). The molecule has 0 radical (unpaired) electrons. The van der Waals surface area contributed by atoms with Crippen LogP contribution in [0, 0.1) is 5.82 Å². The van der Waals surface area contributed by atoms with E-state index in [1.54, 1.807) is 12.1 Å². The number of ether oxygens (including phenoxy) is 1. The van der Waals surface area contributed by atoms with Crippen LogP contribution in [0.2, 0.25) is 0 Å². The number of thiocarbonyl (C=S) groups is 1. The molecule has 0 bridgehead atoms. The van der Waals surface area contributed by atoms with E-state index in [1.807, 2.05) is 30.3 Å². The summed E-state index contributed by atoms with van der Waals surface area (Å²) in [4.78, 5) is 5.45. The zero-order valence-corrected chi connectivity index (χ0v) is 19.5. The van der Waals surface area contributed by atoms with Crippen LogP contribution in [-0.2, 0) is 13.2 Å². The van der Waals surface area contributed by atoms with Crippen LogP contribution in [0.1, 0.15) is 16.7 Å². The summed E-state index contributed by atoms with van der Waals surface area (Å²) in [6, 6.07) is 23.0. The lowest BCUT2D eigenvalue weighted by Gasteiger charge is -2.36. The Hall–Kier alpha value is -2.28. The van der Waals surface area contributed by atoms with Gasteiger partial charge in [0.25, 0.3) is 0 Å². The molecule has 6 heteroatoms. The van der Waals surface area contributed by atoms with Crippen molar-refractivity contribution in [1.82, 2.24) is 9.80 Å². The van der Waals surface area contributed by atoms with Crippen LogP contribution in [0.25, 0.3) is 0 Å². The van der Waals surface area contributed by atoms with E-state index in [1.165, 1.54) is 11.6 Å². The fraction of sp³-hybridized carbons (Fsp3) is 0.240. The molecule has 0 amide bonds. The second-order valence-corrected chi connectivity index (χ2v) is 8.88. The minimum Gasteiger partial charge on any atom is -0.488 e. The van der Waals surface area contributed by atoms with E-state index in [4.69, 9.17) is 17.0 Å². The third-order valence-electron chi connectivity index (χ3n) is 5.42. The van der Waals surface area contributed by atoms with Gasteiger partial charge in [0.15, 0.2) is 0 Å². The molecule has 160 valence electrons. The highest BCUT2D eigenvalue weighted by Crippen LogP contribution is 2.27. The zero-order chi connectivity index (χ0) is 21.6. The van der Waals surface area contributed by atoms with Gasteiger partial charge in [0.05, 0.1) is 5.56 Å². The summed E-state index contributed by atoms with van der Waals surface area (Å²) in [6.07, 6.45) is 0. The SMILES string of the molecule is Fc1ccccc1COc1ccc(Br)cc1C(=S)N1CCN(Cc2ccccc2)CC1. The van der Waals surface area contributed by atoms with Crippen molar-refractivity contribution in [3.05, 3.63) is 99.8 Å². The first-order valence-electron chi connectivity index (χ1n) is 10.3. The van der Waals surface area contributed by atoms with Gasteiger partial charge >= 0.3 is 0 Å². The van der Waals surface area contributed by atoms with Crippen molar-refractivity contribution in [2.75, 3.05) is 26.2 Å². The molecule has 1 fully saturated rings. The van der Waals surface area contributed by atoms with E-state index in [0.717, 1.165) is 47.7 Å². The molecule has 0 atom stereocenters. The molecule has 1 heterocycles. The summed E-state index contributed by atoms with van der Waals surface area (Å²) >= 11 is 9.39. The third-order valence-corrected chi connectivity index (χ3v) is 6.39. The molecular weight excluding hydrogens is 475 g/mol. The van der Waals surface area contributed by atoms with Gasteiger partial charge in [0.1, 0.15) is 23.2 Å². The van der Waals surface area contributed by atoms with Crippen molar-refractivity contribution < 1.29 is 9.13 Å². The number of rotatable bonds is 6. The van der Waals surface area contributed by atoms with Crippen molar-refractivity contribution in [3.63, 3.8) is 0 Å². The second-order valence-electron chi connectivity index (χ2n) is 7.57. The van der Waals surface area contributed by atoms with Gasteiger partial charge in [-0.1, -0.05) is 76.7 Å². The van der Waals surface area contributed by atoms with Gasteiger partial charge in [-0.3, -0.25) is 4.90 Å². The van der Waals surface area contributed by atoms with Crippen LogP contribution in [0.3, 0.4) is 0 Å². The molecule has 31 heavy (non-hydrogen) atoms. The molecule has 3 nitrogen and oxygen atoms in total. The van der Waals surface area contributed by atoms with E-state index in [9.17, 15) is 4.39 Å². The summed E-state index contributed by atoms with van der Waals surface area (Å²) in [5, 5.41) is 0. The minimum absolute atomic E-state index is 0.161. The average Bonchev–Trinajstić information content (AvgIpc) is 2.80. The Balaban J connectivity index is 1.41. The van der Waals surface area contributed by atoms with Crippen molar-refractivity contribution in [3.8, 4) is 5.75 Å². The summed E-state index contributed by atoms with van der Waals surface area (Å²) in [6.45, 7) is 4.75. The van der Waals surface area contributed by atoms with Gasteiger partial charge in [-0.05, 0) is 29.8 Å². The summed E-state index contributed by atoms with van der Waals surface area (Å²) < 4.78 is 20.9. The number of halogens is 2. The van der Waals surface area contributed by atoms with E-state index < -0.39 is 0 Å². The molecule has 1 aliphatic rings. The number of benzene rings is 3. The molecule has 1 saturated heterocycles. The van der Waals surface area contributed by atoms with Crippen LogP contribution in [-0.4, -0.2) is 41.0 Å². The minimum atomic E-state index is -0.265. The highest BCUT2D eigenvalue weighted by Gasteiger charge is 2.22. The Morgan fingerprint density at radius 1 is 0.935 bits per heavy atom. The summed E-state index contributed by atoms with van der Waals surface area (Å²) in [7, 11) is 0. The molecule has 0 aliphatic carbocycles. The van der Waals surface area contributed by atoms with E-state index in [-0.39, 0.29) is 12.4 Å². The monoisotopic (exact) mass is 498 g/mol. The highest BCUT2D eigenvalue weighted by molar-refractivity contribution is 9.10.